The van der Waals surface area contributed by atoms with Crippen molar-refractivity contribution >= 4 is 5.91 Å². The van der Waals surface area contributed by atoms with Crippen LogP contribution in [0.3, 0.4) is 0 Å². The second kappa shape index (κ2) is 3.21. The molecule has 0 heterocycles. The van der Waals surface area contributed by atoms with Gasteiger partial charge in [-0.05, 0) is 12.1 Å². The Kier molecular flexibility index (Phi) is 2.28. The summed E-state index contributed by atoms with van der Waals surface area (Å²) in [6.07, 6.45) is 0. The predicted octanol–water partition coefficient (Wildman–Crippen LogP) is 0.891. The fraction of sp³-hybridized carbons (Fsp3) is 0.125. The van der Waals surface area contributed by atoms with Gasteiger partial charge < -0.3 is 10.4 Å². The van der Waals surface area contributed by atoms with Gasteiger partial charge in [0.05, 0.1) is 5.56 Å². The number of hydrogen-bond acceptors (Lipinski definition) is 2. The van der Waals surface area contributed by atoms with Crippen molar-refractivity contribution in [3.63, 3.8) is 0 Å². The van der Waals surface area contributed by atoms with E-state index in [4.69, 9.17) is 5.11 Å². The second-order valence-electron chi connectivity index (χ2n) is 2.22. The van der Waals surface area contributed by atoms with Crippen LogP contribution in [-0.4, -0.2) is 18.1 Å². The van der Waals surface area contributed by atoms with E-state index in [-0.39, 0.29) is 5.56 Å². The molecule has 0 aromatic heterocycles. The summed E-state index contributed by atoms with van der Waals surface area (Å²) in [6.45, 7) is 0. The number of rotatable bonds is 1. The van der Waals surface area contributed by atoms with Gasteiger partial charge in [0.15, 0.2) is 11.6 Å². The molecule has 1 aromatic rings. The average Bonchev–Trinajstić information content (AvgIpc) is 2.08. The number of carbonyl (C=O) groups excluding carboxylic acids is 1. The number of phenols is 1. The first-order valence-electron chi connectivity index (χ1n) is 3.36. The van der Waals surface area contributed by atoms with Crippen molar-refractivity contribution in [2.45, 2.75) is 0 Å². The average molecular weight is 169 g/mol. The monoisotopic (exact) mass is 169 g/mol. The Morgan fingerprint density at radius 3 is 2.83 bits per heavy atom. The van der Waals surface area contributed by atoms with Gasteiger partial charge in [0.25, 0.3) is 5.91 Å². The molecule has 0 saturated heterocycles. The quantitative estimate of drug-likeness (QED) is 0.655. The summed E-state index contributed by atoms with van der Waals surface area (Å²) in [7, 11) is 1.39. The molecule has 0 spiro atoms. The molecule has 4 heteroatoms. The van der Waals surface area contributed by atoms with E-state index in [0.29, 0.717) is 0 Å². The minimum Gasteiger partial charge on any atom is -0.505 e. The van der Waals surface area contributed by atoms with Crippen LogP contribution in [0.5, 0.6) is 5.75 Å². The SMILES string of the molecule is CNC(=O)c1cccc(O)c1F. The third kappa shape index (κ3) is 1.37. The Labute approximate surface area is 68.8 Å². The molecule has 0 atom stereocenters. The molecular weight excluding hydrogens is 161 g/mol. The summed E-state index contributed by atoms with van der Waals surface area (Å²) >= 11 is 0. The van der Waals surface area contributed by atoms with Gasteiger partial charge in [-0.3, -0.25) is 4.79 Å². The van der Waals surface area contributed by atoms with Crippen molar-refractivity contribution in [2.75, 3.05) is 7.05 Å². The molecule has 0 fully saturated rings. The number of nitrogens with one attached hydrogen (secondary N) is 1. The van der Waals surface area contributed by atoms with Gasteiger partial charge in [0.1, 0.15) is 0 Å². The molecule has 0 aliphatic rings. The zero-order valence-corrected chi connectivity index (χ0v) is 6.47. The first kappa shape index (κ1) is 8.52. The van der Waals surface area contributed by atoms with Crippen LogP contribution in [0.4, 0.5) is 4.39 Å². The molecule has 1 rings (SSSR count). The van der Waals surface area contributed by atoms with Crippen molar-refractivity contribution in [3.8, 4) is 5.75 Å². The van der Waals surface area contributed by atoms with Crippen LogP contribution in [0, 0.1) is 5.82 Å². The molecule has 1 aromatic carbocycles. The van der Waals surface area contributed by atoms with E-state index in [1.165, 1.54) is 25.2 Å². The van der Waals surface area contributed by atoms with Gasteiger partial charge in [-0.2, -0.15) is 0 Å². The molecule has 0 unspecified atom stereocenters. The molecule has 0 aliphatic heterocycles. The van der Waals surface area contributed by atoms with E-state index in [1.807, 2.05) is 0 Å². The summed E-state index contributed by atoms with van der Waals surface area (Å²) < 4.78 is 12.9. The third-order valence-corrected chi connectivity index (χ3v) is 1.45. The lowest BCUT2D eigenvalue weighted by molar-refractivity contribution is 0.0958. The predicted molar refractivity (Wildman–Crippen MR) is 41.5 cm³/mol. The molecule has 0 radical (unpaired) electrons. The number of aromatic hydroxyl groups is 1. The molecule has 12 heavy (non-hydrogen) atoms. The lowest BCUT2D eigenvalue weighted by Crippen LogP contribution is -2.19. The minimum atomic E-state index is -0.892. The van der Waals surface area contributed by atoms with Gasteiger partial charge >= 0.3 is 0 Å². The third-order valence-electron chi connectivity index (χ3n) is 1.45. The normalized spacial score (nSPS) is 9.50. The van der Waals surface area contributed by atoms with Crippen molar-refractivity contribution in [1.82, 2.24) is 5.32 Å². The number of benzene rings is 1. The smallest absolute Gasteiger partial charge is 0.254 e. The Bertz CT molecular complexity index is 312. The Hall–Kier alpha value is -1.58. The van der Waals surface area contributed by atoms with Crippen LogP contribution in [-0.2, 0) is 0 Å². The molecule has 64 valence electrons. The minimum absolute atomic E-state index is 0.155. The summed E-state index contributed by atoms with van der Waals surface area (Å²) in [5.74, 6) is -1.96. The standard InChI is InChI=1S/C8H8FNO2/c1-10-8(12)5-3-2-4-6(11)7(5)9/h2-4,11H,1H3,(H,10,12). The van der Waals surface area contributed by atoms with E-state index in [9.17, 15) is 9.18 Å². The fourth-order valence-electron chi connectivity index (χ4n) is 0.830. The molecule has 0 aliphatic carbocycles. The lowest BCUT2D eigenvalue weighted by atomic mass is 10.2. The zero-order valence-electron chi connectivity index (χ0n) is 6.47. The fourth-order valence-corrected chi connectivity index (χ4v) is 0.830. The van der Waals surface area contributed by atoms with E-state index in [2.05, 4.69) is 5.32 Å². The second-order valence-corrected chi connectivity index (χ2v) is 2.22. The molecule has 2 N–H and O–H groups in total. The maximum Gasteiger partial charge on any atom is 0.254 e. The Morgan fingerprint density at radius 1 is 1.58 bits per heavy atom. The molecule has 0 bridgehead atoms. The Balaban J connectivity index is 3.16. The topological polar surface area (TPSA) is 49.3 Å². The molecular formula is C8H8FNO2. The first-order chi connectivity index (χ1) is 5.66. The summed E-state index contributed by atoms with van der Waals surface area (Å²) in [6, 6.07) is 3.89. The summed E-state index contributed by atoms with van der Waals surface area (Å²) in [5, 5.41) is 11.1. The first-order valence-corrected chi connectivity index (χ1v) is 3.36. The van der Waals surface area contributed by atoms with E-state index in [0.717, 1.165) is 0 Å². The molecule has 1 amide bonds. The largest absolute Gasteiger partial charge is 0.505 e. The van der Waals surface area contributed by atoms with Crippen LogP contribution in [0.25, 0.3) is 0 Å². The number of phenolic OH excluding ortho intramolecular Hbond substituents is 1. The van der Waals surface area contributed by atoms with Crippen LogP contribution < -0.4 is 5.32 Å². The van der Waals surface area contributed by atoms with Crippen LogP contribution in [0.15, 0.2) is 18.2 Å². The van der Waals surface area contributed by atoms with Crippen molar-refractivity contribution < 1.29 is 14.3 Å². The highest BCUT2D eigenvalue weighted by atomic mass is 19.1. The highest BCUT2D eigenvalue weighted by Gasteiger charge is 2.12. The summed E-state index contributed by atoms with van der Waals surface area (Å²) in [5.41, 5.74) is -0.155. The maximum atomic E-state index is 12.9. The van der Waals surface area contributed by atoms with Crippen molar-refractivity contribution in [2.24, 2.45) is 0 Å². The maximum absolute atomic E-state index is 12.9. The van der Waals surface area contributed by atoms with Crippen LogP contribution in [0.2, 0.25) is 0 Å². The van der Waals surface area contributed by atoms with Gasteiger partial charge in [-0.25, -0.2) is 4.39 Å². The van der Waals surface area contributed by atoms with Crippen LogP contribution in [0.1, 0.15) is 10.4 Å². The molecule has 0 saturated carbocycles. The highest BCUT2D eigenvalue weighted by molar-refractivity contribution is 5.94. The number of hydrogen-bond donors (Lipinski definition) is 2. The zero-order chi connectivity index (χ0) is 9.14. The number of halogens is 1. The van der Waals surface area contributed by atoms with E-state index in [1.54, 1.807) is 0 Å². The number of carbonyl (C=O) groups is 1. The summed E-state index contributed by atoms with van der Waals surface area (Å²) in [4.78, 5) is 10.9. The van der Waals surface area contributed by atoms with Gasteiger partial charge in [-0.15, -0.1) is 0 Å². The van der Waals surface area contributed by atoms with Gasteiger partial charge in [-0.1, -0.05) is 6.07 Å². The highest BCUT2D eigenvalue weighted by Crippen LogP contribution is 2.17. The van der Waals surface area contributed by atoms with Gasteiger partial charge in [0, 0.05) is 7.05 Å². The van der Waals surface area contributed by atoms with Crippen molar-refractivity contribution in [1.29, 1.82) is 0 Å². The lowest BCUT2D eigenvalue weighted by Gasteiger charge is -2.01. The number of amides is 1. The van der Waals surface area contributed by atoms with Gasteiger partial charge in [0.2, 0.25) is 0 Å². The van der Waals surface area contributed by atoms with E-state index < -0.39 is 17.5 Å². The van der Waals surface area contributed by atoms with Crippen molar-refractivity contribution in [3.05, 3.63) is 29.6 Å². The molecule has 3 nitrogen and oxygen atoms in total. The van der Waals surface area contributed by atoms with E-state index >= 15 is 0 Å². The Morgan fingerprint density at radius 2 is 2.25 bits per heavy atom. The van der Waals surface area contributed by atoms with Crippen LogP contribution >= 0.6 is 0 Å².